The van der Waals surface area contributed by atoms with E-state index >= 15 is 0 Å². The van der Waals surface area contributed by atoms with Crippen molar-refractivity contribution in [1.29, 1.82) is 0 Å². The van der Waals surface area contributed by atoms with Crippen LogP contribution in [0, 0.1) is 11.8 Å². The molecule has 1 heterocycles. The minimum absolute atomic E-state index is 0.0809. The van der Waals surface area contributed by atoms with Crippen molar-refractivity contribution in [2.75, 3.05) is 13.2 Å². The molecule has 0 radical (unpaired) electrons. The van der Waals surface area contributed by atoms with Crippen LogP contribution in [0.3, 0.4) is 0 Å². The standard InChI is InChI=1S/C24H40O6Si/c1-17(14-29-31(6,7)23(3,4)5)20-13-24(27,21(25)22(26)30-20)18(2)15-28-16-19-11-9-8-10-12-19/h8-12,17-18,20-21,25,27H,13-16H2,1-7H3/t17-,18+,20+,21+,24+/m0/s1. The average molecular weight is 453 g/mol. The molecule has 0 aromatic heterocycles. The van der Waals surface area contributed by atoms with Gasteiger partial charge in [0.05, 0.1) is 13.2 Å². The van der Waals surface area contributed by atoms with Gasteiger partial charge in [0.15, 0.2) is 14.4 Å². The minimum Gasteiger partial charge on any atom is -0.460 e. The van der Waals surface area contributed by atoms with Crippen molar-refractivity contribution in [3.63, 3.8) is 0 Å². The lowest BCUT2D eigenvalue weighted by molar-refractivity contribution is -0.217. The third-order valence-corrected chi connectivity index (χ3v) is 11.5. The largest absolute Gasteiger partial charge is 0.460 e. The fourth-order valence-electron chi connectivity index (χ4n) is 3.42. The Bertz CT molecular complexity index is 717. The van der Waals surface area contributed by atoms with E-state index in [-0.39, 0.29) is 24.0 Å². The molecule has 0 amide bonds. The highest BCUT2D eigenvalue weighted by atomic mass is 28.4. The summed E-state index contributed by atoms with van der Waals surface area (Å²) in [7, 11) is -1.94. The lowest BCUT2D eigenvalue weighted by Gasteiger charge is -2.45. The van der Waals surface area contributed by atoms with E-state index in [2.05, 4.69) is 33.9 Å². The first-order valence-electron chi connectivity index (χ1n) is 11.1. The number of aliphatic hydroxyl groups is 2. The Morgan fingerprint density at radius 2 is 1.81 bits per heavy atom. The SMILES string of the molecule is C[C@H](COCc1ccccc1)[C@]1(O)C[C@H]([C@@H](C)CO[Si](C)(C)C(C)(C)C)OC(=O)[C@H]1O. The van der Waals surface area contributed by atoms with Crippen molar-refractivity contribution in [2.24, 2.45) is 11.8 Å². The molecule has 0 saturated carbocycles. The number of aliphatic hydroxyl groups excluding tert-OH is 1. The maximum atomic E-state index is 12.4. The van der Waals surface area contributed by atoms with Crippen molar-refractivity contribution in [1.82, 2.24) is 0 Å². The number of rotatable bonds is 9. The summed E-state index contributed by atoms with van der Waals surface area (Å²) in [5.74, 6) is -1.34. The smallest absolute Gasteiger partial charge is 0.338 e. The number of ether oxygens (including phenoxy) is 2. The van der Waals surface area contributed by atoms with Gasteiger partial charge in [-0.25, -0.2) is 4.79 Å². The van der Waals surface area contributed by atoms with Gasteiger partial charge < -0.3 is 24.1 Å². The van der Waals surface area contributed by atoms with Crippen molar-refractivity contribution in [3.05, 3.63) is 35.9 Å². The van der Waals surface area contributed by atoms with Gasteiger partial charge in [-0.2, -0.15) is 0 Å². The Kier molecular flexibility index (Phi) is 8.50. The molecule has 0 unspecified atom stereocenters. The van der Waals surface area contributed by atoms with Gasteiger partial charge in [0.2, 0.25) is 0 Å². The maximum absolute atomic E-state index is 12.4. The van der Waals surface area contributed by atoms with E-state index in [0.717, 1.165) is 5.56 Å². The first-order valence-corrected chi connectivity index (χ1v) is 14.1. The van der Waals surface area contributed by atoms with Gasteiger partial charge in [0.25, 0.3) is 0 Å². The van der Waals surface area contributed by atoms with Crippen LogP contribution in [0.4, 0.5) is 0 Å². The summed E-state index contributed by atoms with van der Waals surface area (Å²) in [4.78, 5) is 12.4. The minimum atomic E-state index is -1.94. The maximum Gasteiger partial charge on any atom is 0.338 e. The van der Waals surface area contributed by atoms with Crippen LogP contribution in [0.1, 0.15) is 46.6 Å². The van der Waals surface area contributed by atoms with Crippen LogP contribution < -0.4 is 0 Å². The summed E-state index contributed by atoms with van der Waals surface area (Å²) in [6.45, 7) is 15.7. The van der Waals surface area contributed by atoms with Gasteiger partial charge in [-0.05, 0) is 23.7 Å². The summed E-state index contributed by atoms with van der Waals surface area (Å²) in [5, 5.41) is 21.8. The molecule has 0 aliphatic carbocycles. The number of cyclic esters (lactones) is 1. The number of carbonyl (C=O) groups is 1. The Balaban J connectivity index is 1.99. The van der Waals surface area contributed by atoms with Crippen molar-refractivity contribution < 1.29 is 28.9 Å². The normalized spacial score (nSPS) is 26.9. The second kappa shape index (κ2) is 10.1. The fraction of sp³-hybridized carbons (Fsp3) is 0.708. The Morgan fingerprint density at radius 1 is 1.19 bits per heavy atom. The third-order valence-electron chi connectivity index (χ3n) is 6.97. The Hall–Kier alpha value is -1.25. The molecule has 1 aromatic carbocycles. The van der Waals surface area contributed by atoms with Crippen molar-refractivity contribution in [3.8, 4) is 0 Å². The zero-order valence-corrected chi connectivity index (χ0v) is 21.1. The van der Waals surface area contributed by atoms with Crippen LogP contribution in [-0.4, -0.2) is 55.5 Å². The summed E-state index contributed by atoms with van der Waals surface area (Å²) in [5.41, 5.74) is -0.582. The second-order valence-corrected chi connectivity index (χ2v) is 15.3. The molecule has 176 valence electrons. The molecule has 5 atom stereocenters. The molecule has 0 bridgehead atoms. The van der Waals surface area contributed by atoms with Crippen molar-refractivity contribution in [2.45, 2.75) is 83.6 Å². The van der Waals surface area contributed by atoms with Gasteiger partial charge in [-0.3, -0.25) is 0 Å². The number of benzene rings is 1. The molecule has 2 rings (SSSR count). The molecule has 2 N–H and O–H groups in total. The Morgan fingerprint density at radius 3 is 2.39 bits per heavy atom. The van der Waals surface area contributed by atoms with E-state index in [4.69, 9.17) is 13.9 Å². The molecule has 6 nitrogen and oxygen atoms in total. The first-order chi connectivity index (χ1) is 14.3. The van der Waals surface area contributed by atoms with E-state index < -0.39 is 38.0 Å². The number of hydrogen-bond acceptors (Lipinski definition) is 6. The Labute approximate surface area is 188 Å². The van der Waals surface area contributed by atoms with E-state index in [0.29, 0.717) is 13.2 Å². The van der Waals surface area contributed by atoms with Gasteiger partial charge in [0, 0.05) is 24.9 Å². The third kappa shape index (κ3) is 6.39. The number of hydrogen-bond donors (Lipinski definition) is 2. The van der Waals surface area contributed by atoms with Crippen LogP contribution in [0.5, 0.6) is 0 Å². The lowest BCUT2D eigenvalue weighted by atomic mass is 9.76. The van der Waals surface area contributed by atoms with Gasteiger partial charge in [0.1, 0.15) is 11.7 Å². The summed E-state index contributed by atoms with van der Waals surface area (Å²) < 4.78 is 17.5. The summed E-state index contributed by atoms with van der Waals surface area (Å²) >= 11 is 0. The molecule has 1 saturated heterocycles. The van der Waals surface area contributed by atoms with Crippen LogP contribution in [-0.2, 0) is 25.3 Å². The molecule has 1 aliphatic heterocycles. The number of esters is 1. The van der Waals surface area contributed by atoms with Crippen molar-refractivity contribution >= 4 is 14.3 Å². The van der Waals surface area contributed by atoms with Gasteiger partial charge in [-0.15, -0.1) is 0 Å². The molecule has 1 aromatic rings. The second-order valence-electron chi connectivity index (χ2n) is 10.5. The summed E-state index contributed by atoms with van der Waals surface area (Å²) in [6, 6.07) is 9.75. The quantitative estimate of drug-likeness (QED) is 0.437. The van der Waals surface area contributed by atoms with Crippen LogP contribution in [0.2, 0.25) is 18.1 Å². The molecular formula is C24H40O6Si. The fourth-order valence-corrected chi connectivity index (χ4v) is 4.53. The lowest BCUT2D eigenvalue weighted by Crippen LogP contribution is -2.60. The van der Waals surface area contributed by atoms with Crippen LogP contribution >= 0.6 is 0 Å². The van der Waals surface area contributed by atoms with Gasteiger partial charge >= 0.3 is 5.97 Å². The highest BCUT2D eigenvalue weighted by Gasteiger charge is 2.53. The van der Waals surface area contributed by atoms with E-state index in [9.17, 15) is 15.0 Å². The predicted octanol–water partition coefficient (Wildman–Crippen LogP) is 3.90. The topological polar surface area (TPSA) is 85.2 Å². The monoisotopic (exact) mass is 452 g/mol. The molecule has 0 spiro atoms. The van der Waals surface area contributed by atoms with Gasteiger partial charge in [-0.1, -0.05) is 65.0 Å². The molecule has 1 aliphatic rings. The van der Waals surface area contributed by atoms with E-state index in [1.54, 1.807) is 6.92 Å². The first kappa shape index (κ1) is 26.0. The zero-order valence-electron chi connectivity index (χ0n) is 20.1. The van der Waals surface area contributed by atoms with Crippen LogP contribution in [0.25, 0.3) is 0 Å². The summed E-state index contributed by atoms with van der Waals surface area (Å²) in [6.07, 6.45) is -1.97. The van der Waals surface area contributed by atoms with E-state index in [1.165, 1.54) is 0 Å². The van der Waals surface area contributed by atoms with E-state index in [1.807, 2.05) is 37.3 Å². The molecular weight excluding hydrogens is 412 g/mol. The molecule has 7 heteroatoms. The molecule has 31 heavy (non-hydrogen) atoms. The molecule has 1 fully saturated rings. The predicted molar refractivity (Wildman–Crippen MR) is 123 cm³/mol. The number of carbonyl (C=O) groups excluding carboxylic acids is 1. The highest BCUT2D eigenvalue weighted by molar-refractivity contribution is 6.74. The highest BCUT2D eigenvalue weighted by Crippen LogP contribution is 2.39. The zero-order chi connectivity index (χ0) is 23.4. The van der Waals surface area contributed by atoms with Crippen LogP contribution in [0.15, 0.2) is 30.3 Å². The average Bonchev–Trinajstić information content (AvgIpc) is 2.69.